The maximum absolute atomic E-state index is 11.9. The van der Waals surface area contributed by atoms with Crippen molar-refractivity contribution in [1.82, 2.24) is 0 Å². The standard InChI is InChI=1S/C30H25O8P/c1-4-25-28(33)38-29(34)39(25)16-15-35-20-9-5-18(6-10-20)30(2,3)19-7-11-21(12-8-19)36-22-13-14-23-24(17-22)27(32)37-26(23)31/h4-14,16-17,39H,15H2,1-3H3/b25-4-. The predicted molar refractivity (Wildman–Crippen MR) is 146 cm³/mol. The zero-order valence-electron chi connectivity index (χ0n) is 21.5. The largest absolute Gasteiger partial charge is 0.489 e. The summed E-state index contributed by atoms with van der Waals surface area (Å²) in [5.41, 5.74) is 1.76. The van der Waals surface area contributed by atoms with Gasteiger partial charge in [0.1, 0.15) is 23.9 Å². The highest BCUT2D eigenvalue weighted by Crippen LogP contribution is 2.42. The van der Waals surface area contributed by atoms with Crippen LogP contribution in [0.1, 0.15) is 52.6 Å². The minimum absolute atomic E-state index is 0.194. The molecule has 0 N–H and O–H groups in total. The van der Waals surface area contributed by atoms with Crippen LogP contribution in [0, 0.1) is 0 Å². The third kappa shape index (κ3) is 5.16. The van der Waals surface area contributed by atoms with E-state index >= 15 is 0 Å². The number of hydrogen-bond donors (Lipinski definition) is 0. The number of cyclic esters (lactones) is 4. The molecule has 0 bridgehead atoms. The summed E-state index contributed by atoms with van der Waals surface area (Å²) < 4.78 is 21.0. The normalized spacial score (nSPS) is 17.8. The van der Waals surface area contributed by atoms with Gasteiger partial charge in [0.2, 0.25) is 0 Å². The Morgan fingerprint density at radius 2 is 1.33 bits per heavy atom. The van der Waals surface area contributed by atoms with Gasteiger partial charge in [0.25, 0.3) is 0 Å². The Hall–Kier alpha value is -4.42. The highest BCUT2D eigenvalue weighted by atomic mass is 31.1. The van der Waals surface area contributed by atoms with Gasteiger partial charge >= 0.3 is 23.6 Å². The summed E-state index contributed by atoms with van der Waals surface area (Å²) in [5.74, 6) is 1.50. The third-order valence-corrected chi connectivity index (χ3v) is 8.94. The number of carbonyl (C=O) groups excluding carboxylic acids is 4. The summed E-state index contributed by atoms with van der Waals surface area (Å²) in [5, 5.41) is 0.426. The van der Waals surface area contributed by atoms with Gasteiger partial charge in [0, 0.05) is 13.0 Å². The number of fused-ring (bicyclic) bond motifs is 1. The van der Waals surface area contributed by atoms with Crippen LogP contribution in [-0.2, 0) is 19.7 Å². The molecule has 1 unspecified atom stereocenters. The van der Waals surface area contributed by atoms with Crippen LogP contribution in [0.25, 0.3) is 0 Å². The first-order valence-electron chi connectivity index (χ1n) is 12.2. The van der Waals surface area contributed by atoms with Gasteiger partial charge in [-0.25, -0.2) is 19.2 Å². The first kappa shape index (κ1) is 26.2. The quantitative estimate of drug-likeness (QED) is 0.152. The molecule has 3 aromatic rings. The lowest BCUT2D eigenvalue weighted by atomic mass is 9.78. The summed E-state index contributed by atoms with van der Waals surface area (Å²) in [6.07, 6.45) is 1.63. The summed E-state index contributed by atoms with van der Waals surface area (Å²) >= 11 is 0. The molecule has 1 fully saturated rings. The molecule has 0 amide bonds. The zero-order valence-corrected chi connectivity index (χ0v) is 22.5. The molecule has 0 spiro atoms. The molecule has 0 aliphatic carbocycles. The number of esters is 3. The third-order valence-electron chi connectivity index (χ3n) is 6.75. The lowest BCUT2D eigenvalue weighted by Crippen LogP contribution is -2.18. The van der Waals surface area contributed by atoms with Crippen molar-refractivity contribution >= 4 is 37.0 Å². The van der Waals surface area contributed by atoms with E-state index in [1.165, 1.54) is 12.1 Å². The van der Waals surface area contributed by atoms with Crippen LogP contribution in [-0.4, -0.2) is 36.0 Å². The zero-order chi connectivity index (χ0) is 27.7. The maximum Gasteiger partial charge on any atom is 0.347 e. The van der Waals surface area contributed by atoms with Gasteiger partial charge in [-0.05, 0) is 66.3 Å². The molecule has 9 heteroatoms. The number of hydrogen-bond acceptors (Lipinski definition) is 8. The van der Waals surface area contributed by atoms with E-state index in [1.807, 2.05) is 48.5 Å². The molecule has 2 aliphatic rings. The Kier molecular flexibility index (Phi) is 6.98. The van der Waals surface area contributed by atoms with Crippen molar-refractivity contribution in [2.45, 2.75) is 26.2 Å². The maximum atomic E-state index is 11.9. The molecule has 0 saturated carbocycles. The lowest BCUT2D eigenvalue weighted by molar-refractivity contribution is -0.130. The van der Waals surface area contributed by atoms with E-state index in [0.717, 1.165) is 11.1 Å². The van der Waals surface area contributed by atoms with Gasteiger partial charge in [-0.1, -0.05) is 44.2 Å². The highest BCUT2D eigenvalue weighted by Gasteiger charge is 2.31. The van der Waals surface area contributed by atoms with Crippen LogP contribution in [0.15, 0.2) is 78.1 Å². The number of ether oxygens (including phenoxy) is 4. The summed E-state index contributed by atoms with van der Waals surface area (Å²) in [6, 6.07) is 20.0. The molecule has 1 saturated heterocycles. The van der Waals surface area contributed by atoms with Crippen LogP contribution >= 0.6 is 7.55 Å². The molecule has 1 atom stereocenters. The topological polar surface area (TPSA) is 105 Å². The summed E-state index contributed by atoms with van der Waals surface area (Å²) in [7, 11) is -1.84. The number of benzene rings is 3. The molecule has 198 valence electrons. The molecule has 3 aromatic carbocycles. The second-order valence-electron chi connectivity index (χ2n) is 9.47. The smallest absolute Gasteiger partial charge is 0.347 e. The average molecular weight is 544 g/mol. The van der Waals surface area contributed by atoms with Crippen LogP contribution in [0.5, 0.6) is 17.2 Å². The van der Waals surface area contributed by atoms with Crippen molar-refractivity contribution in [2.24, 2.45) is 0 Å². The van der Waals surface area contributed by atoms with Crippen molar-refractivity contribution in [3.63, 3.8) is 0 Å². The molecular formula is C30H25O8P. The fourth-order valence-corrected chi connectivity index (χ4v) is 6.08. The van der Waals surface area contributed by atoms with Gasteiger partial charge in [0.05, 0.1) is 16.4 Å². The van der Waals surface area contributed by atoms with E-state index in [0.29, 0.717) is 22.6 Å². The molecule has 2 aliphatic heterocycles. The Labute approximate surface area is 225 Å². The first-order chi connectivity index (χ1) is 18.7. The molecule has 2 heterocycles. The van der Waals surface area contributed by atoms with Crippen LogP contribution in [0.4, 0.5) is 4.79 Å². The molecule has 0 aromatic heterocycles. The van der Waals surface area contributed by atoms with Crippen LogP contribution < -0.4 is 9.47 Å². The second kappa shape index (κ2) is 10.4. The molecule has 0 radical (unpaired) electrons. The van der Waals surface area contributed by atoms with Gasteiger partial charge < -0.3 is 18.9 Å². The van der Waals surface area contributed by atoms with E-state index in [9.17, 15) is 19.2 Å². The number of allylic oxidation sites excluding steroid dienone is 1. The minimum atomic E-state index is -1.84. The van der Waals surface area contributed by atoms with Gasteiger partial charge in [0.15, 0.2) is 0 Å². The van der Waals surface area contributed by atoms with Crippen molar-refractivity contribution in [3.8, 4) is 17.2 Å². The fourth-order valence-electron chi connectivity index (χ4n) is 4.44. The van der Waals surface area contributed by atoms with E-state index in [2.05, 4.69) is 18.6 Å². The number of carbonyl (C=O) groups is 4. The Morgan fingerprint density at radius 3 is 1.97 bits per heavy atom. The van der Waals surface area contributed by atoms with Crippen molar-refractivity contribution in [1.29, 1.82) is 0 Å². The van der Waals surface area contributed by atoms with Crippen molar-refractivity contribution < 1.29 is 38.1 Å². The Bertz CT molecular complexity index is 1560. The fraction of sp³-hybridized carbons (Fsp3) is 0.167. The monoisotopic (exact) mass is 544 g/mol. The van der Waals surface area contributed by atoms with Crippen molar-refractivity contribution in [3.05, 3.63) is 100 Å². The predicted octanol–water partition coefficient (Wildman–Crippen LogP) is 6.09. The summed E-state index contributed by atoms with van der Waals surface area (Å²) in [6.45, 7) is 6.13. The number of rotatable bonds is 7. The van der Waals surface area contributed by atoms with E-state index < -0.39 is 31.2 Å². The van der Waals surface area contributed by atoms with Gasteiger partial charge in [-0.15, -0.1) is 0 Å². The molecule has 39 heavy (non-hydrogen) atoms. The summed E-state index contributed by atoms with van der Waals surface area (Å²) in [4.78, 5) is 47.0. The molecule has 5 rings (SSSR count). The second-order valence-corrected chi connectivity index (χ2v) is 11.7. The molecule has 8 nitrogen and oxygen atoms in total. The highest BCUT2D eigenvalue weighted by molar-refractivity contribution is 7.79. The van der Waals surface area contributed by atoms with E-state index in [4.69, 9.17) is 14.2 Å². The van der Waals surface area contributed by atoms with Gasteiger partial charge in [-0.3, -0.25) is 0 Å². The molecular weight excluding hydrogens is 519 g/mol. The van der Waals surface area contributed by atoms with Crippen LogP contribution in [0.2, 0.25) is 0 Å². The SMILES string of the molecule is C/C=C1/C(=O)OC(=O)/[PH]1=C/COc1ccc(C(C)(C)c2ccc(Oc3ccc4c(c3)C(=O)OC4=O)cc2)cc1. The van der Waals surface area contributed by atoms with Crippen LogP contribution in [0.3, 0.4) is 0 Å². The Balaban J connectivity index is 1.24. The average Bonchev–Trinajstić information content (AvgIpc) is 3.36. The van der Waals surface area contributed by atoms with E-state index in [-0.39, 0.29) is 23.1 Å². The van der Waals surface area contributed by atoms with Crippen molar-refractivity contribution in [2.75, 3.05) is 6.61 Å². The van der Waals surface area contributed by atoms with E-state index in [1.54, 1.807) is 24.9 Å². The lowest BCUT2D eigenvalue weighted by Gasteiger charge is -2.26. The van der Waals surface area contributed by atoms with Gasteiger partial charge in [-0.2, -0.15) is 0 Å². The Morgan fingerprint density at radius 1 is 0.744 bits per heavy atom. The minimum Gasteiger partial charge on any atom is -0.489 e. The first-order valence-corrected chi connectivity index (χ1v) is 13.8.